The van der Waals surface area contributed by atoms with Gasteiger partial charge in [0, 0.05) is 43.1 Å². The molecule has 0 aliphatic carbocycles. The van der Waals surface area contributed by atoms with Crippen molar-refractivity contribution in [3.8, 4) is 0 Å². The summed E-state index contributed by atoms with van der Waals surface area (Å²) >= 11 is 0. The van der Waals surface area contributed by atoms with Crippen molar-refractivity contribution in [2.45, 2.75) is 141 Å². The number of unbranched alkanes of at least 4 members (excludes halogenated alkanes) is 1. The van der Waals surface area contributed by atoms with E-state index in [1.165, 1.54) is 6.92 Å². The van der Waals surface area contributed by atoms with Crippen LogP contribution in [0.3, 0.4) is 0 Å². The topological polar surface area (TPSA) is 185 Å². The van der Waals surface area contributed by atoms with Crippen molar-refractivity contribution in [1.29, 1.82) is 0 Å². The molecule has 0 aromatic rings. The molecule has 15 heteroatoms. The van der Waals surface area contributed by atoms with Crippen molar-refractivity contribution in [2.75, 3.05) is 40.8 Å². The van der Waals surface area contributed by atoms with Gasteiger partial charge >= 0.3 is 12.1 Å². The van der Waals surface area contributed by atoms with Crippen LogP contribution in [0.2, 0.25) is 0 Å². The molecule has 0 radical (unpaired) electrons. The standard InChI is InChI=1S/C36H62N6O9/c1-12-25-30-36(8,51-34(46)42(30)17-15-14-16-39-40-37)27(13-2)49-32(45)24(6)28(43)23(5)31(35(7,47-11)19-21(3)20-38-25)50-33-29(44)26(41(9)10)18-22(4)48-33/h12,21-27,29-31,33,38,44H,1,13-20H2,2-11H3/t21-,22-,23+,24-,25-,26?,27-,29-,30-,31-,33+,35-,36-/m1/s1. The third-order valence-electron chi connectivity index (χ3n) is 11.1. The van der Waals surface area contributed by atoms with Crippen LogP contribution in [0, 0.1) is 17.8 Å². The number of amides is 1. The van der Waals surface area contributed by atoms with Crippen LogP contribution in [0.1, 0.15) is 80.6 Å². The van der Waals surface area contributed by atoms with E-state index in [4.69, 9.17) is 29.2 Å². The number of carbonyl (C=O) groups excluding carboxylic acids is 3. The van der Waals surface area contributed by atoms with E-state index >= 15 is 0 Å². The second-order valence-electron chi connectivity index (χ2n) is 15.2. The third kappa shape index (κ3) is 9.61. The second-order valence-corrected chi connectivity index (χ2v) is 15.2. The van der Waals surface area contributed by atoms with Gasteiger partial charge in [-0.15, -0.1) is 6.58 Å². The molecule has 0 aromatic carbocycles. The first-order valence-electron chi connectivity index (χ1n) is 18.3. The highest BCUT2D eigenvalue weighted by atomic mass is 16.7. The number of ether oxygens (including phenoxy) is 5. The summed E-state index contributed by atoms with van der Waals surface area (Å²) in [6, 6.07) is -1.34. The Kier molecular flexibility index (Phi) is 15.3. The molecule has 0 saturated carbocycles. The zero-order chi connectivity index (χ0) is 38.3. The van der Waals surface area contributed by atoms with E-state index in [1.54, 1.807) is 31.9 Å². The van der Waals surface area contributed by atoms with Crippen molar-refractivity contribution in [3.05, 3.63) is 23.1 Å². The average Bonchev–Trinajstić information content (AvgIpc) is 3.34. The first-order valence-corrected chi connectivity index (χ1v) is 18.3. The molecule has 15 nitrogen and oxygen atoms in total. The number of azide groups is 1. The summed E-state index contributed by atoms with van der Waals surface area (Å²) in [5.41, 5.74) is 6.31. The summed E-state index contributed by atoms with van der Waals surface area (Å²) in [4.78, 5) is 48.0. The van der Waals surface area contributed by atoms with Crippen LogP contribution >= 0.6 is 0 Å². The maximum absolute atomic E-state index is 14.3. The van der Waals surface area contributed by atoms with Gasteiger partial charge in [0.15, 0.2) is 17.7 Å². The van der Waals surface area contributed by atoms with Crippen LogP contribution < -0.4 is 5.32 Å². The maximum Gasteiger partial charge on any atom is 0.410 e. The van der Waals surface area contributed by atoms with Crippen molar-refractivity contribution in [3.63, 3.8) is 0 Å². The number of nitrogens with one attached hydrogen (secondary N) is 1. The van der Waals surface area contributed by atoms with Crippen molar-refractivity contribution in [1.82, 2.24) is 15.1 Å². The van der Waals surface area contributed by atoms with E-state index in [1.807, 2.05) is 39.8 Å². The summed E-state index contributed by atoms with van der Waals surface area (Å²) in [7, 11) is 5.34. The Morgan fingerprint density at radius 1 is 1.20 bits per heavy atom. The number of Topliss-reactive ketones (excluding diaryl/α,β-unsaturated/α-hetero) is 1. The van der Waals surface area contributed by atoms with Crippen LogP contribution in [0.5, 0.6) is 0 Å². The van der Waals surface area contributed by atoms with E-state index in [9.17, 15) is 19.5 Å². The highest BCUT2D eigenvalue weighted by Crippen LogP contribution is 2.40. The molecule has 1 unspecified atom stereocenters. The molecule has 3 fully saturated rings. The van der Waals surface area contributed by atoms with Gasteiger partial charge in [-0.05, 0) is 91.9 Å². The Morgan fingerprint density at radius 2 is 1.88 bits per heavy atom. The molecule has 0 spiro atoms. The van der Waals surface area contributed by atoms with Gasteiger partial charge in [0.05, 0.1) is 23.9 Å². The largest absolute Gasteiger partial charge is 0.458 e. The first-order chi connectivity index (χ1) is 24.0. The quantitative estimate of drug-likeness (QED) is 0.0592. The molecule has 3 aliphatic rings. The van der Waals surface area contributed by atoms with Gasteiger partial charge in [0.25, 0.3) is 0 Å². The number of fused-ring (bicyclic) bond motifs is 1. The van der Waals surface area contributed by atoms with Crippen LogP contribution in [-0.2, 0) is 33.3 Å². The summed E-state index contributed by atoms with van der Waals surface area (Å²) in [6.45, 7) is 17.8. The molecule has 0 aromatic heterocycles. The highest BCUT2D eigenvalue weighted by molar-refractivity contribution is 6.00. The van der Waals surface area contributed by atoms with Crippen LogP contribution in [0.25, 0.3) is 10.4 Å². The minimum Gasteiger partial charge on any atom is -0.458 e. The van der Waals surface area contributed by atoms with Gasteiger partial charge in [0.2, 0.25) is 0 Å². The minimum absolute atomic E-state index is 0.0552. The number of aliphatic hydroxyl groups excluding tert-OH is 1. The number of cyclic esters (lactones) is 1. The fourth-order valence-corrected chi connectivity index (χ4v) is 8.11. The molecule has 3 rings (SSSR count). The van der Waals surface area contributed by atoms with E-state index in [-0.39, 0.29) is 18.1 Å². The number of carbonyl (C=O) groups is 3. The summed E-state index contributed by atoms with van der Waals surface area (Å²) in [5.74, 6) is -3.29. The third-order valence-corrected chi connectivity index (χ3v) is 11.1. The van der Waals surface area contributed by atoms with Gasteiger partial charge in [-0.3, -0.25) is 14.5 Å². The Morgan fingerprint density at radius 3 is 2.47 bits per heavy atom. The van der Waals surface area contributed by atoms with Crippen molar-refractivity contribution >= 4 is 17.8 Å². The molecule has 2 N–H and O–H groups in total. The molecule has 3 saturated heterocycles. The zero-order valence-electron chi connectivity index (χ0n) is 32.2. The molecular formula is C36H62N6O9. The number of methoxy groups -OCH3 is 1. The predicted molar refractivity (Wildman–Crippen MR) is 191 cm³/mol. The first kappa shape index (κ1) is 42.6. The van der Waals surface area contributed by atoms with Gasteiger partial charge in [-0.1, -0.05) is 32.0 Å². The minimum atomic E-state index is -1.29. The van der Waals surface area contributed by atoms with E-state index in [0.717, 1.165) is 0 Å². The molecular weight excluding hydrogens is 660 g/mol. The number of ketones is 1. The number of hydrogen-bond donors (Lipinski definition) is 2. The lowest BCUT2D eigenvalue weighted by Crippen LogP contribution is -2.61. The normalized spacial score (nSPS) is 40.0. The van der Waals surface area contributed by atoms with Crippen LogP contribution in [0.15, 0.2) is 17.8 Å². The lowest BCUT2D eigenvalue weighted by Gasteiger charge is -2.46. The molecule has 290 valence electrons. The number of hydrogen-bond acceptors (Lipinski definition) is 12. The number of rotatable bonds is 11. The second kappa shape index (κ2) is 18.3. The Bertz CT molecular complexity index is 1270. The zero-order valence-corrected chi connectivity index (χ0v) is 32.2. The summed E-state index contributed by atoms with van der Waals surface area (Å²) in [5, 5.41) is 18.6. The molecule has 3 heterocycles. The van der Waals surface area contributed by atoms with E-state index in [2.05, 4.69) is 28.8 Å². The molecule has 1 amide bonds. The Labute approximate surface area is 303 Å². The van der Waals surface area contributed by atoms with E-state index in [0.29, 0.717) is 51.7 Å². The number of likely N-dealkylation sites (N-methyl/N-ethyl adjacent to an activating group) is 1. The van der Waals surface area contributed by atoms with Gasteiger partial charge in [0.1, 0.15) is 18.1 Å². The fraction of sp³-hybridized carbons (Fsp3) is 0.861. The molecule has 3 aliphatic heterocycles. The molecule has 0 bridgehead atoms. The molecule has 13 atom stereocenters. The summed E-state index contributed by atoms with van der Waals surface area (Å²) < 4.78 is 31.1. The van der Waals surface area contributed by atoms with Crippen molar-refractivity contribution in [2.24, 2.45) is 22.9 Å². The van der Waals surface area contributed by atoms with Gasteiger partial charge in [-0.25, -0.2) is 4.79 Å². The number of esters is 1. The van der Waals surface area contributed by atoms with Crippen LogP contribution in [-0.4, -0.2) is 134 Å². The van der Waals surface area contributed by atoms with Gasteiger partial charge in [-0.2, -0.15) is 0 Å². The van der Waals surface area contributed by atoms with Gasteiger partial charge < -0.3 is 39.0 Å². The smallest absolute Gasteiger partial charge is 0.410 e. The van der Waals surface area contributed by atoms with Crippen LogP contribution in [0.4, 0.5) is 4.79 Å². The Balaban J connectivity index is 2.06. The highest BCUT2D eigenvalue weighted by Gasteiger charge is 2.59. The SMILES string of the molecule is C=C[C@H]1NC[C@H](C)C[C@@](C)(OC)[C@H](O[C@@H]2O[C@H](C)CC(N(C)C)[C@H]2O)[C@@H](C)C(=O)[C@@H](C)C(=O)O[C@H](CC)[C@@]2(C)OC(=O)N(CCCCN=[N+]=[N-])[C@H]12. The van der Waals surface area contributed by atoms with Crippen molar-refractivity contribution < 1.29 is 43.2 Å². The molecule has 51 heavy (non-hydrogen) atoms. The monoisotopic (exact) mass is 722 g/mol. The maximum atomic E-state index is 14.3. The predicted octanol–water partition coefficient (Wildman–Crippen LogP) is 4.22. The Hall–Kier alpha value is -2.78. The lowest BCUT2D eigenvalue weighted by atomic mass is 9.78. The number of nitrogens with zero attached hydrogens (tertiary/aromatic N) is 5. The fourth-order valence-electron chi connectivity index (χ4n) is 8.11. The lowest BCUT2D eigenvalue weighted by molar-refractivity contribution is -0.295. The average molecular weight is 723 g/mol. The number of aliphatic hydroxyl groups is 1. The summed E-state index contributed by atoms with van der Waals surface area (Å²) in [6.07, 6.45) is -0.420. The van der Waals surface area contributed by atoms with E-state index < -0.39 is 77.6 Å².